The van der Waals surface area contributed by atoms with E-state index in [0.29, 0.717) is 12.0 Å². The van der Waals surface area contributed by atoms with E-state index >= 15 is 0 Å². The van der Waals surface area contributed by atoms with Gasteiger partial charge in [-0.3, -0.25) is 0 Å². The molecule has 1 aliphatic heterocycles. The molecule has 0 bridgehead atoms. The van der Waals surface area contributed by atoms with E-state index in [2.05, 4.69) is 41.2 Å². The summed E-state index contributed by atoms with van der Waals surface area (Å²) in [6.45, 7) is 9.94. The van der Waals surface area contributed by atoms with Crippen LogP contribution in [0.2, 0.25) is 0 Å². The first-order valence-corrected chi connectivity index (χ1v) is 8.78. The van der Waals surface area contributed by atoms with Gasteiger partial charge >= 0.3 is 0 Å². The van der Waals surface area contributed by atoms with Gasteiger partial charge in [0, 0.05) is 31.4 Å². The Labute approximate surface area is 134 Å². The average Bonchev–Trinajstić information content (AvgIpc) is 3.36. The number of hydrogen-bond donors (Lipinski definition) is 1. The topological polar surface area (TPSA) is 37.4 Å². The molecule has 0 spiro atoms. The minimum atomic E-state index is 0.617. The van der Waals surface area contributed by atoms with Crippen LogP contribution in [0.1, 0.15) is 38.7 Å². The monoisotopic (exact) mass is 303 g/mol. The molecule has 4 heteroatoms. The lowest BCUT2D eigenvalue weighted by molar-refractivity contribution is 0.153. The maximum Gasteiger partial charge on any atom is 0.213 e. The first-order valence-electron chi connectivity index (χ1n) is 8.78. The SMILES string of the molecule is CCN1CC[C@@H](NCc2ccnc(OCC3CC3)c2)[C@H](C)C1. The molecule has 1 aromatic rings. The number of aromatic nitrogens is 1. The van der Waals surface area contributed by atoms with Gasteiger partial charge in [-0.05, 0) is 55.8 Å². The summed E-state index contributed by atoms with van der Waals surface area (Å²) >= 11 is 0. The van der Waals surface area contributed by atoms with Gasteiger partial charge in [0.15, 0.2) is 0 Å². The summed E-state index contributed by atoms with van der Waals surface area (Å²) in [7, 11) is 0. The van der Waals surface area contributed by atoms with Gasteiger partial charge in [0.25, 0.3) is 0 Å². The molecule has 1 aromatic heterocycles. The highest BCUT2D eigenvalue weighted by Gasteiger charge is 2.25. The van der Waals surface area contributed by atoms with E-state index in [1.165, 1.54) is 44.5 Å². The molecule has 0 aromatic carbocycles. The second-order valence-corrected chi connectivity index (χ2v) is 6.90. The summed E-state index contributed by atoms with van der Waals surface area (Å²) in [5, 5.41) is 3.73. The van der Waals surface area contributed by atoms with E-state index in [1.807, 2.05) is 6.20 Å². The molecule has 3 rings (SSSR count). The Morgan fingerprint density at radius 2 is 2.23 bits per heavy atom. The number of nitrogens with one attached hydrogen (secondary N) is 1. The molecule has 2 heterocycles. The quantitative estimate of drug-likeness (QED) is 0.840. The second-order valence-electron chi connectivity index (χ2n) is 6.90. The molecule has 4 nitrogen and oxygen atoms in total. The summed E-state index contributed by atoms with van der Waals surface area (Å²) in [6.07, 6.45) is 5.73. The maximum atomic E-state index is 5.77. The van der Waals surface area contributed by atoms with Crippen molar-refractivity contribution >= 4 is 0 Å². The van der Waals surface area contributed by atoms with Crippen LogP contribution in [0.4, 0.5) is 0 Å². The highest BCUT2D eigenvalue weighted by atomic mass is 16.5. The zero-order valence-electron chi connectivity index (χ0n) is 13.9. The van der Waals surface area contributed by atoms with Crippen LogP contribution in [-0.2, 0) is 6.54 Å². The van der Waals surface area contributed by atoms with Crippen LogP contribution >= 0.6 is 0 Å². The Balaban J connectivity index is 1.47. The van der Waals surface area contributed by atoms with Gasteiger partial charge in [-0.2, -0.15) is 0 Å². The Morgan fingerprint density at radius 3 is 2.95 bits per heavy atom. The fourth-order valence-corrected chi connectivity index (χ4v) is 3.20. The van der Waals surface area contributed by atoms with Crippen molar-refractivity contribution in [2.24, 2.45) is 11.8 Å². The molecule has 2 atom stereocenters. The Morgan fingerprint density at radius 1 is 1.36 bits per heavy atom. The third-order valence-corrected chi connectivity index (χ3v) is 4.97. The normalized spacial score (nSPS) is 26.1. The number of piperidine rings is 1. The highest BCUT2D eigenvalue weighted by molar-refractivity contribution is 5.20. The Kier molecular flexibility index (Phi) is 5.32. The molecule has 122 valence electrons. The van der Waals surface area contributed by atoms with E-state index < -0.39 is 0 Å². The van der Waals surface area contributed by atoms with E-state index in [1.54, 1.807) is 0 Å². The van der Waals surface area contributed by atoms with Gasteiger partial charge in [0.05, 0.1) is 6.61 Å². The van der Waals surface area contributed by atoms with Crippen molar-refractivity contribution < 1.29 is 4.74 Å². The number of rotatable bonds is 7. The van der Waals surface area contributed by atoms with Gasteiger partial charge in [-0.25, -0.2) is 4.98 Å². The smallest absolute Gasteiger partial charge is 0.213 e. The minimum absolute atomic E-state index is 0.617. The van der Waals surface area contributed by atoms with Crippen LogP contribution in [0.3, 0.4) is 0 Å². The number of nitrogens with zero attached hydrogens (tertiary/aromatic N) is 2. The number of ether oxygens (including phenoxy) is 1. The summed E-state index contributed by atoms with van der Waals surface area (Å²) in [6, 6.07) is 4.79. The fourth-order valence-electron chi connectivity index (χ4n) is 3.20. The number of pyridine rings is 1. The molecule has 0 radical (unpaired) electrons. The summed E-state index contributed by atoms with van der Waals surface area (Å²) in [5.74, 6) is 2.26. The predicted molar refractivity (Wildman–Crippen MR) is 89.0 cm³/mol. The molecule has 1 saturated carbocycles. The zero-order chi connectivity index (χ0) is 15.4. The van der Waals surface area contributed by atoms with Crippen molar-refractivity contribution in [2.75, 3.05) is 26.2 Å². The number of likely N-dealkylation sites (tertiary alicyclic amines) is 1. The van der Waals surface area contributed by atoms with Gasteiger partial charge in [-0.1, -0.05) is 13.8 Å². The Hall–Kier alpha value is -1.13. The van der Waals surface area contributed by atoms with E-state index in [9.17, 15) is 0 Å². The first-order chi connectivity index (χ1) is 10.7. The molecule has 0 unspecified atom stereocenters. The first kappa shape index (κ1) is 15.8. The third kappa shape index (κ3) is 4.43. The second kappa shape index (κ2) is 7.42. The lowest BCUT2D eigenvalue weighted by Gasteiger charge is -2.36. The molecular formula is C18H29N3O. The van der Waals surface area contributed by atoms with Gasteiger partial charge in [-0.15, -0.1) is 0 Å². The highest BCUT2D eigenvalue weighted by Crippen LogP contribution is 2.29. The average molecular weight is 303 g/mol. The Bertz CT molecular complexity index is 475. The molecule has 1 aliphatic carbocycles. The van der Waals surface area contributed by atoms with Crippen LogP contribution in [0.15, 0.2) is 18.3 Å². The largest absolute Gasteiger partial charge is 0.477 e. The van der Waals surface area contributed by atoms with Gasteiger partial charge in [0.2, 0.25) is 5.88 Å². The third-order valence-electron chi connectivity index (χ3n) is 4.97. The summed E-state index contributed by atoms with van der Waals surface area (Å²) < 4.78 is 5.77. The van der Waals surface area contributed by atoms with E-state index in [-0.39, 0.29) is 0 Å². The molecule has 1 saturated heterocycles. The van der Waals surface area contributed by atoms with Crippen LogP contribution in [-0.4, -0.2) is 42.2 Å². The lowest BCUT2D eigenvalue weighted by Crippen LogP contribution is -2.47. The van der Waals surface area contributed by atoms with Crippen LogP contribution in [0.5, 0.6) is 5.88 Å². The van der Waals surface area contributed by atoms with Gasteiger partial charge in [0.1, 0.15) is 0 Å². The van der Waals surface area contributed by atoms with Crippen molar-refractivity contribution in [1.82, 2.24) is 15.2 Å². The van der Waals surface area contributed by atoms with E-state index in [0.717, 1.165) is 24.9 Å². The molecule has 2 fully saturated rings. The zero-order valence-corrected chi connectivity index (χ0v) is 13.9. The van der Waals surface area contributed by atoms with E-state index in [4.69, 9.17) is 4.74 Å². The van der Waals surface area contributed by atoms with Crippen molar-refractivity contribution in [3.63, 3.8) is 0 Å². The fraction of sp³-hybridized carbons (Fsp3) is 0.722. The minimum Gasteiger partial charge on any atom is -0.477 e. The summed E-state index contributed by atoms with van der Waals surface area (Å²) in [4.78, 5) is 6.85. The maximum absolute atomic E-state index is 5.77. The summed E-state index contributed by atoms with van der Waals surface area (Å²) in [5.41, 5.74) is 1.27. The molecule has 0 amide bonds. The standard InChI is InChI=1S/C18H29N3O/c1-3-21-9-7-17(14(2)12-21)20-11-16-6-8-19-18(10-16)22-13-15-4-5-15/h6,8,10,14-15,17,20H,3-5,7,9,11-13H2,1-2H3/t14-,17-/m1/s1. The molecule has 22 heavy (non-hydrogen) atoms. The van der Waals surface area contributed by atoms with Crippen molar-refractivity contribution in [3.05, 3.63) is 23.9 Å². The van der Waals surface area contributed by atoms with Crippen LogP contribution in [0, 0.1) is 11.8 Å². The van der Waals surface area contributed by atoms with Crippen molar-refractivity contribution in [3.8, 4) is 5.88 Å². The lowest BCUT2D eigenvalue weighted by atomic mass is 9.93. The predicted octanol–water partition coefficient (Wildman–Crippen LogP) is 2.69. The molecular weight excluding hydrogens is 274 g/mol. The number of hydrogen-bond acceptors (Lipinski definition) is 4. The van der Waals surface area contributed by atoms with Gasteiger partial charge < -0.3 is 15.0 Å². The van der Waals surface area contributed by atoms with Crippen LogP contribution < -0.4 is 10.1 Å². The molecule has 1 N–H and O–H groups in total. The van der Waals surface area contributed by atoms with Crippen molar-refractivity contribution in [2.45, 2.75) is 45.7 Å². The molecule has 2 aliphatic rings. The van der Waals surface area contributed by atoms with Crippen LogP contribution in [0.25, 0.3) is 0 Å². The van der Waals surface area contributed by atoms with Crippen molar-refractivity contribution in [1.29, 1.82) is 0 Å².